The number of anilines is 3. The van der Waals surface area contributed by atoms with Crippen LogP contribution in [0.4, 0.5) is 17.1 Å². The van der Waals surface area contributed by atoms with E-state index in [-0.39, 0.29) is 16.2 Å². The standard InChI is InChI=1S/C53H43N/c1-50(2)41-14-6-3-11-35(41)39-24-46-48(25-44(39)50)54(47-17-9-13-38-40-28-52(46,49(38)47)42-15-7-4-12-36(40)42)33-18-19-37-34-10-5-8-16-43(34)53(45(37)23-33)31-21-29-20-30-22-32(53)27-51(29,30)26-31/h3-19,23-25,29-32,40H,20-22,26-28H2,1-2H3. The van der Waals surface area contributed by atoms with Gasteiger partial charge in [0, 0.05) is 22.4 Å². The molecule has 6 aromatic carbocycles. The normalized spacial score (nSPS) is 34.2. The Morgan fingerprint density at radius 2 is 1.15 bits per heavy atom. The molecule has 0 radical (unpaired) electrons. The summed E-state index contributed by atoms with van der Waals surface area (Å²) < 4.78 is 0. The molecular weight excluding hydrogens is 651 g/mol. The maximum absolute atomic E-state index is 2.74. The third-order valence-corrected chi connectivity index (χ3v) is 18.1. The molecule has 0 aromatic heterocycles. The quantitative estimate of drug-likeness (QED) is 0.166. The van der Waals surface area contributed by atoms with Crippen molar-refractivity contribution in [2.45, 2.75) is 74.5 Å². The first-order valence-electron chi connectivity index (χ1n) is 21.0. The van der Waals surface area contributed by atoms with E-state index in [0.717, 1.165) is 30.1 Å². The van der Waals surface area contributed by atoms with Crippen LogP contribution in [-0.4, -0.2) is 0 Å². The van der Waals surface area contributed by atoms with Crippen molar-refractivity contribution < 1.29 is 0 Å². The predicted molar refractivity (Wildman–Crippen MR) is 217 cm³/mol. The molecule has 6 aromatic rings. The molecule has 1 heteroatoms. The van der Waals surface area contributed by atoms with Gasteiger partial charge in [-0.05, 0) is 170 Å². The molecule has 3 spiro atoms. The maximum atomic E-state index is 2.74. The smallest absolute Gasteiger partial charge is 0.0509 e. The Morgan fingerprint density at radius 1 is 0.481 bits per heavy atom. The SMILES string of the molecule is CC1(C)c2ccccc2-c2cc3c(cc21)N(c1ccc2c(c1)C1(c4ccccc4-2)C2CC4CC5CC1CC45C2)c1cccc2c1C31CC2c2ccccc21. The summed E-state index contributed by atoms with van der Waals surface area (Å²) in [5.74, 6) is 3.91. The van der Waals surface area contributed by atoms with Gasteiger partial charge in [0.05, 0.1) is 16.8 Å². The third-order valence-electron chi connectivity index (χ3n) is 18.1. The van der Waals surface area contributed by atoms with E-state index in [4.69, 9.17) is 0 Å². The predicted octanol–water partition coefficient (Wildman–Crippen LogP) is 12.7. The van der Waals surface area contributed by atoms with Gasteiger partial charge in [-0.15, -0.1) is 0 Å². The lowest BCUT2D eigenvalue weighted by Crippen LogP contribution is -2.45. The number of hydrogen-bond acceptors (Lipinski definition) is 1. The monoisotopic (exact) mass is 693 g/mol. The van der Waals surface area contributed by atoms with Crippen molar-refractivity contribution in [3.63, 3.8) is 0 Å². The number of benzene rings is 6. The lowest BCUT2D eigenvalue weighted by Gasteiger charge is -2.50. The molecule has 9 aliphatic rings. The number of nitrogens with zero attached hydrogens (tertiary/aromatic N) is 1. The average molecular weight is 694 g/mol. The van der Waals surface area contributed by atoms with E-state index in [9.17, 15) is 0 Å². The highest BCUT2D eigenvalue weighted by molar-refractivity contribution is 5.96. The second-order valence-electron chi connectivity index (χ2n) is 19.7. The molecule has 54 heavy (non-hydrogen) atoms. The Morgan fingerprint density at radius 3 is 1.96 bits per heavy atom. The fourth-order valence-electron chi connectivity index (χ4n) is 16.3. The zero-order valence-electron chi connectivity index (χ0n) is 31.1. The minimum Gasteiger partial charge on any atom is -0.310 e. The molecule has 8 aliphatic carbocycles. The highest BCUT2D eigenvalue weighted by Crippen LogP contribution is 2.82. The van der Waals surface area contributed by atoms with Crippen molar-refractivity contribution in [1.29, 1.82) is 0 Å². The highest BCUT2D eigenvalue weighted by atomic mass is 15.2. The molecule has 0 amide bonds. The van der Waals surface area contributed by atoms with Gasteiger partial charge in [0.25, 0.3) is 0 Å². The number of rotatable bonds is 1. The second-order valence-corrected chi connectivity index (χ2v) is 19.7. The summed E-state index contributed by atoms with van der Waals surface area (Å²) in [6, 6.07) is 48.7. The molecule has 4 saturated carbocycles. The van der Waals surface area contributed by atoms with Crippen molar-refractivity contribution in [2.24, 2.45) is 29.1 Å². The highest BCUT2D eigenvalue weighted by Gasteiger charge is 2.74. The van der Waals surface area contributed by atoms with Crippen molar-refractivity contribution in [3.05, 3.63) is 171 Å². The molecule has 260 valence electrons. The van der Waals surface area contributed by atoms with Crippen molar-refractivity contribution in [1.82, 2.24) is 0 Å². The Kier molecular flexibility index (Phi) is 4.57. The van der Waals surface area contributed by atoms with Crippen LogP contribution in [0.1, 0.15) is 108 Å². The topological polar surface area (TPSA) is 3.24 Å². The van der Waals surface area contributed by atoms with Gasteiger partial charge in [-0.1, -0.05) is 105 Å². The van der Waals surface area contributed by atoms with E-state index in [1.165, 1.54) is 93.7 Å². The van der Waals surface area contributed by atoms with Crippen molar-refractivity contribution in [3.8, 4) is 22.3 Å². The number of fused-ring (bicyclic) bond motifs is 17. The van der Waals surface area contributed by atoms with Gasteiger partial charge < -0.3 is 4.90 Å². The molecule has 1 nitrogen and oxygen atoms in total. The van der Waals surface area contributed by atoms with Crippen LogP contribution in [0.3, 0.4) is 0 Å². The van der Waals surface area contributed by atoms with E-state index in [1.807, 2.05) is 0 Å². The van der Waals surface area contributed by atoms with E-state index < -0.39 is 0 Å². The van der Waals surface area contributed by atoms with Crippen LogP contribution >= 0.6 is 0 Å². The first-order valence-corrected chi connectivity index (χ1v) is 21.0. The van der Waals surface area contributed by atoms with Crippen LogP contribution < -0.4 is 4.90 Å². The van der Waals surface area contributed by atoms with Crippen molar-refractivity contribution in [2.75, 3.05) is 4.90 Å². The maximum Gasteiger partial charge on any atom is 0.0509 e. The van der Waals surface area contributed by atoms with Crippen LogP contribution in [-0.2, 0) is 16.2 Å². The minimum atomic E-state index is -0.134. The summed E-state index contributed by atoms with van der Waals surface area (Å²) in [4.78, 5) is 2.74. The molecule has 1 aliphatic heterocycles. The summed E-state index contributed by atoms with van der Waals surface area (Å²) in [5.41, 5.74) is 24.6. The molecule has 0 N–H and O–H groups in total. The van der Waals surface area contributed by atoms with E-state index in [0.29, 0.717) is 11.3 Å². The number of hydrogen-bond donors (Lipinski definition) is 0. The molecule has 4 fully saturated rings. The van der Waals surface area contributed by atoms with Gasteiger partial charge in [-0.25, -0.2) is 0 Å². The molecule has 6 atom stereocenters. The zero-order chi connectivity index (χ0) is 35.1. The van der Waals surface area contributed by atoms with Crippen LogP contribution in [0.2, 0.25) is 0 Å². The van der Waals surface area contributed by atoms with Gasteiger partial charge in [-0.2, -0.15) is 0 Å². The fraction of sp³-hybridized carbons (Fsp3) is 0.321. The molecule has 6 unspecified atom stereocenters. The Bertz CT molecular complexity index is 2760. The first kappa shape index (κ1) is 28.5. The summed E-state index contributed by atoms with van der Waals surface area (Å²) in [6.45, 7) is 4.90. The average Bonchev–Trinajstić information content (AvgIpc) is 3.98. The summed E-state index contributed by atoms with van der Waals surface area (Å²) in [5, 5.41) is 0. The first-order chi connectivity index (χ1) is 26.4. The molecule has 15 rings (SSSR count). The van der Waals surface area contributed by atoms with Crippen LogP contribution in [0, 0.1) is 29.1 Å². The van der Waals surface area contributed by atoms with Crippen LogP contribution in [0.25, 0.3) is 22.3 Å². The van der Waals surface area contributed by atoms with Gasteiger partial charge in [-0.3, -0.25) is 0 Å². The van der Waals surface area contributed by atoms with Gasteiger partial charge in [0.1, 0.15) is 0 Å². The van der Waals surface area contributed by atoms with Crippen LogP contribution in [0.5, 0.6) is 0 Å². The summed E-state index contributed by atoms with van der Waals surface area (Å²) in [7, 11) is 0. The van der Waals surface area contributed by atoms with E-state index in [1.54, 1.807) is 27.8 Å². The Hall–Kier alpha value is -4.88. The lowest BCUT2D eigenvalue weighted by atomic mass is 9.54. The second kappa shape index (κ2) is 8.65. The van der Waals surface area contributed by atoms with Crippen LogP contribution in [0.15, 0.2) is 121 Å². The zero-order valence-corrected chi connectivity index (χ0v) is 31.1. The largest absolute Gasteiger partial charge is 0.310 e. The Labute approximate surface area is 318 Å². The minimum absolute atomic E-state index is 0.0672. The van der Waals surface area contributed by atoms with Crippen molar-refractivity contribution >= 4 is 17.1 Å². The molecule has 5 bridgehead atoms. The molecular formula is C53H43N. The summed E-state index contributed by atoms with van der Waals surface area (Å²) >= 11 is 0. The molecule has 1 heterocycles. The van der Waals surface area contributed by atoms with Gasteiger partial charge in [0.15, 0.2) is 0 Å². The van der Waals surface area contributed by atoms with E-state index >= 15 is 0 Å². The summed E-state index contributed by atoms with van der Waals surface area (Å²) in [6.07, 6.45) is 8.45. The van der Waals surface area contributed by atoms with Gasteiger partial charge >= 0.3 is 0 Å². The Balaban J connectivity index is 1.02. The van der Waals surface area contributed by atoms with E-state index in [2.05, 4.69) is 140 Å². The lowest BCUT2D eigenvalue weighted by molar-refractivity contribution is -0.00187. The fourth-order valence-corrected chi connectivity index (χ4v) is 16.3. The van der Waals surface area contributed by atoms with Gasteiger partial charge in [0.2, 0.25) is 0 Å². The third kappa shape index (κ3) is 2.72. The molecule has 0 saturated heterocycles.